The molecule has 21 heavy (non-hydrogen) atoms. The third-order valence-electron chi connectivity index (χ3n) is 2.28. The molecule has 0 heterocycles. The fourth-order valence-corrected chi connectivity index (χ4v) is 1.43. The summed E-state index contributed by atoms with van der Waals surface area (Å²) in [6, 6.07) is 5.60. The van der Waals surface area contributed by atoms with Crippen LogP contribution in [0.25, 0.3) is 0 Å². The van der Waals surface area contributed by atoms with Crippen LogP contribution in [0.15, 0.2) is 29.3 Å². The molecule has 6 nitrogen and oxygen atoms in total. The van der Waals surface area contributed by atoms with Gasteiger partial charge in [0.1, 0.15) is 0 Å². The van der Waals surface area contributed by atoms with E-state index in [1.54, 1.807) is 13.2 Å². The Bertz CT molecular complexity index is 466. The van der Waals surface area contributed by atoms with Gasteiger partial charge in [0.05, 0.1) is 5.69 Å². The molecule has 0 saturated carbocycles. The standard InChI is InChI=1S/C12H17F3N4O2/c1-20-8-4-7-17-11(19-16)18-9-5-2-3-6-10(9)21-12(13,14)15/h2-3,5-6H,4,7-8,16H2,1H3,(H2,17,18,19). The molecule has 4 N–H and O–H groups in total. The number of anilines is 1. The number of benzene rings is 1. The van der Waals surface area contributed by atoms with Crippen molar-refractivity contribution in [2.24, 2.45) is 10.8 Å². The second kappa shape index (κ2) is 8.32. The van der Waals surface area contributed by atoms with Crippen LogP contribution in [0.3, 0.4) is 0 Å². The van der Waals surface area contributed by atoms with Crippen molar-refractivity contribution in [3.05, 3.63) is 24.3 Å². The van der Waals surface area contributed by atoms with Gasteiger partial charge in [0.2, 0.25) is 5.96 Å². The molecule has 0 atom stereocenters. The summed E-state index contributed by atoms with van der Waals surface area (Å²) in [4.78, 5) is 4.07. The van der Waals surface area contributed by atoms with E-state index >= 15 is 0 Å². The Morgan fingerprint density at radius 3 is 2.67 bits per heavy atom. The highest BCUT2D eigenvalue weighted by atomic mass is 19.4. The molecule has 0 aliphatic heterocycles. The number of hydrazine groups is 1. The van der Waals surface area contributed by atoms with Crippen LogP contribution in [0, 0.1) is 0 Å². The van der Waals surface area contributed by atoms with Gasteiger partial charge in [-0.1, -0.05) is 12.1 Å². The number of halogens is 3. The van der Waals surface area contributed by atoms with Crippen molar-refractivity contribution in [3.8, 4) is 5.75 Å². The molecule has 1 aromatic carbocycles. The number of hydrogen-bond donors (Lipinski definition) is 3. The number of methoxy groups -OCH3 is 1. The van der Waals surface area contributed by atoms with E-state index in [9.17, 15) is 13.2 Å². The Labute approximate surface area is 120 Å². The number of nitrogens with zero attached hydrogens (tertiary/aromatic N) is 1. The molecule has 118 valence electrons. The molecule has 0 amide bonds. The Hall–Kier alpha value is -2.00. The smallest absolute Gasteiger partial charge is 0.404 e. The topological polar surface area (TPSA) is 80.9 Å². The number of guanidine groups is 1. The molecule has 0 unspecified atom stereocenters. The highest BCUT2D eigenvalue weighted by Crippen LogP contribution is 2.29. The Kier molecular flexibility index (Phi) is 6.76. The van der Waals surface area contributed by atoms with Crippen molar-refractivity contribution in [1.29, 1.82) is 0 Å². The average Bonchev–Trinajstić information content (AvgIpc) is 2.42. The molecule has 0 aromatic heterocycles. The second-order valence-electron chi connectivity index (χ2n) is 3.89. The van der Waals surface area contributed by atoms with Gasteiger partial charge in [-0.3, -0.25) is 10.4 Å². The van der Waals surface area contributed by atoms with Crippen molar-refractivity contribution in [1.82, 2.24) is 5.43 Å². The first kappa shape index (κ1) is 17.1. The van der Waals surface area contributed by atoms with E-state index in [0.29, 0.717) is 19.6 Å². The maximum absolute atomic E-state index is 12.3. The van der Waals surface area contributed by atoms with Gasteiger partial charge in [0.15, 0.2) is 5.75 Å². The first-order valence-electron chi connectivity index (χ1n) is 6.08. The van der Waals surface area contributed by atoms with Gasteiger partial charge >= 0.3 is 6.36 Å². The molecule has 1 rings (SSSR count). The van der Waals surface area contributed by atoms with Gasteiger partial charge in [-0.25, -0.2) is 5.84 Å². The number of aliphatic imine (C=N–C) groups is 1. The summed E-state index contributed by atoms with van der Waals surface area (Å²) >= 11 is 0. The first-order chi connectivity index (χ1) is 9.96. The van der Waals surface area contributed by atoms with Crippen LogP contribution in [-0.4, -0.2) is 32.6 Å². The molecule has 0 aliphatic rings. The summed E-state index contributed by atoms with van der Waals surface area (Å²) in [5, 5.41) is 2.64. The Morgan fingerprint density at radius 2 is 2.05 bits per heavy atom. The van der Waals surface area contributed by atoms with Gasteiger partial charge in [-0.05, 0) is 18.6 Å². The quantitative estimate of drug-likeness (QED) is 0.246. The lowest BCUT2D eigenvalue weighted by Crippen LogP contribution is -2.36. The zero-order valence-electron chi connectivity index (χ0n) is 11.4. The van der Waals surface area contributed by atoms with E-state index in [-0.39, 0.29) is 17.4 Å². The second-order valence-corrected chi connectivity index (χ2v) is 3.89. The minimum atomic E-state index is -4.77. The number of ether oxygens (including phenoxy) is 2. The van der Waals surface area contributed by atoms with Crippen molar-refractivity contribution in [3.63, 3.8) is 0 Å². The number of rotatable bonds is 6. The monoisotopic (exact) mass is 306 g/mol. The molecule has 0 bridgehead atoms. The van der Waals surface area contributed by atoms with Gasteiger partial charge < -0.3 is 14.8 Å². The van der Waals surface area contributed by atoms with Crippen molar-refractivity contribution < 1.29 is 22.6 Å². The normalized spacial score (nSPS) is 12.1. The van der Waals surface area contributed by atoms with Crippen LogP contribution in [0.2, 0.25) is 0 Å². The number of para-hydroxylation sites is 2. The minimum absolute atomic E-state index is 0.0956. The van der Waals surface area contributed by atoms with Gasteiger partial charge in [-0.15, -0.1) is 13.2 Å². The van der Waals surface area contributed by atoms with Crippen LogP contribution < -0.4 is 21.3 Å². The summed E-state index contributed by atoms with van der Waals surface area (Å²) in [7, 11) is 1.56. The third kappa shape index (κ3) is 6.82. The molecular weight excluding hydrogens is 289 g/mol. The molecule has 0 spiro atoms. The van der Waals surface area contributed by atoms with Crippen molar-refractivity contribution >= 4 is 11.6 Å². The highest BCUT2D eigenvalue weighted by molar-refractivity contribution is 5.94. The SMILES string of the molecule is COCCCN=C(NN)Nc1ccccc1OC(F)(F)F. The lowest BCUT2D eigenvalue weighted by molar-refractivity contribution is -0.274. The maximum atomic E-state index is 12.3. The van der Waals surface area contributed by atoms with E-state index in [4.69, 9.17) is 10.6 Å². The summed E-state index contributed by atoms with van der Waals surface area (Å²) < 4.78 is 45.7. The van der Waals surface area contributed by atoms with E-state index in [1.165, 1.54) is 18.2 Å². The molecule has 0 aliphatic carbocycles. The average molecular weight is 306 g/mol. The van der Waals surface area contributed by atoms with Crippen molar-refractivity contribution in [2.45, 2.75) is 12.8 Å². The zero-order valence-corrected chi connectivity index (χ0v) is 11.4. The molecular formula is C12H17F3N4O2. The number of nitrogens with one attached hydrogen (secondary N) is 2. The molecule has 9 heteroatoms. The van der Waals surface area contributed by atoms with Crippen LogP contribution in [-0.2, 0) is 4.74 Å². The predicted octanol–water partition coefficient (Wildman–Crippen LogP) is 1.85. The molecule has 1 aromatic rings. The van der Waals surface area contributed by atoms with Crippen LogP contribution in [0.1, 0.15) is 6.42 Å². The zero-order chi connectivity index (χ0) is 15.7. The number of hydrogen-bond acceptors (Lipinski definition) is 4. The minimum Gasteiger partial charge on any atom is -0.404 e. The van der Waals surface area contributed by atoms with Gasteiger partial charge in [-0.2, -0.15) is 0 Å². The summed E-state index contributed by atoms with van der Waals surface area (Å²) in [6.07, 6.45) is -4.12. The maximum Gasteiger partial charge on any atom is 0.573 e. The molecule has 0 saturated heterocycles. The van der Waals surface area contributed by atoms with Crippen LogP contribution in [0.4, 0.5) is 18.9 Å². The highest BCUT2D eigenvalue weighted by Gasteiger charge is 2.32. The van der Waals surface area contributed by atoms with Gasteiger partial charge in [0.25, 0.3) is 0 Å². The number of alkyl halides is 3. The lowest BCUT2D eigenvalue weighted by Gasteiger charge is -2.15. The van der Waals surface area contributed by atoms with Crippen LogP contribution in [0.5, 0.6) is 5.75 Å². The van der Waals surface area contributed by atoms with Crippen molar-refractivity contribution in [2.75, 3.05) is 25.6 Å². The molecule has 0 radical (unpaired) electrons. The van der Waals surface area contributed by atoms with E-state index in [0.717, 1.165) is 0 Å². The Balaban J connectivity index is 2.75. The largest absolute Gasteiger partial charge is 0.573 e. The molecule has 0 fully saturated rings. The fourth-order valence-electron chi connectivity index (χ4n) is 1.43. The van der Waals surface area contributed by atoms with E-state index in [2.05, 4.69) is 20.5 Å². The van der Waals surface area contributed by atoms with Gasteiger partial charge in [0, 0.05) is 20.3 Å². The first-order valence-corrected chi connectivity index (χ1v) is 6.08. The lowest BCUT2D eigenvalue weighted by atomic mass is 10.3. The summed E-state index contributed by atoms with van der Waals surface area (Å²) in [5.74, 6) is 5.03. The van der Waals surface area contributed by atoms with Crippen LogP contribution >= 0.6 is 0 Å². The summed E-state index contributed by atoms with van der Waals surface area (Å²) in [5.41, 5.74) is 2.37. The Morgan fingerprint density at radius 1 is 1.33 bits per heavy atom. The summed E-state index contributed by atoms with van der Waals surface area (Å²) in [6.45, 7) is 0.928. The predicted molar refractivity (Wildman–Crippen MR) is 72.9 cm³/mol. The van der Waals surface area contributed by atoms with E-state index < -0.39 is 6.36 Å². The number of nitrogens with two attached hydrogens (primary N) is 1. The third-order valence-corrected chi connectivity index (χ3v) is 2.28. The van der Waals surface area contributed by atoms with E-state index in [1.807, 2.05) is 0 Å². The fraction of sp³-hybridized carbons (Fsp3) is 0.417.